The highest BCUT2D eigenvalue weighted by Crippen LogP contribution is 2.14. The van der Waals surface area contributed by atoms with Crippen molar-refractivity contribution < 1.29 is 28.6 Å². The van der Waals surface area contributed by atoms with Crippen LogP contribution >= 0.6 is 0 Å². The van der Waals surface area contributed by atoms with E-state index in [1.165, 1.54) is 116 Å². The molecule has 6 heteroatoms. The maximum atomic E-state index is 12.7. The zero-order valence-corrected chi connectivity index (χ0v) is 41.1. The number of esters is 3. The molecule has 63 heavy (non-hydrogen) atoms. The SMILES string of the molecule is CC/C=C\C/C=C\C/C=C\C/C=C\CCC(=O)OC(COC(=O)CCCCCCCCC)COC(=O)CCCCCCCCCCCC/C=C\C/C=C\C/C=C\CCCCCCC. The number of carbonyl (C=O) groups is 3. The Kier molecular flexibility index (Phi) is 48.5. The molecule has 0 fully saturated rings. The van der Waals surface area contributed by atoms with Crippen LogP contribution in [0.15, 0.2) is 85.1 Å². The van der Waals surface area contributed by atoms with E-state index >= 15 is 0 Å². The largest absolute Gasteiger partial charge is 0.462 e. The Balaban J connectivity index is 4.23. The Labute approximate surface area is 388 Å². The first-order chi connectivity index (χ1) is 31.0. The average molecular weight is 877 g/mol. The molecule has 0 aliphatic rings. The summed E-state index contributed by atoms with van der Waals surface area (Å²) in [6.45, 7) is 6.39. The molecule has 1 atom stereocenters. The van der Waals surface area contributed by atoms with Gasteiger partial charge in [-0.3, -0.25) is 14.4 Å². The molecular formula is C57H96O6. The predicted octanol–water partition coefficient (Wildman–Crippen LogP) is 17.2. The van der Waals surface area contributed by atoms with Gasteiger partial charge < -0.3 is 14.2 Å². The fraction of sp³-hybridized carbons (Fsp3) is 0.702. The van der Waals surface area contributed by atoms with Crippen molar-refractivity contribution >= 4 is 17.9 Å². The second-order valence-electron chi connectivity index (χ2n) is 17.1. The lowest BCUT2D eigenvalue weighted by molar-refractivity contribution is -0.166. The molecule has 0 aromatic heterocycles. The Morgan fingerprint density at radius 2 is 0.651 bits per heavy atom. The molecule has 0 radical (unpaired) electrons. The van der Waals surface area contributed by atoms with Crippen molar-refractivity contribution in [3.8, 4) is 0 Å². The molecule has 0 aliphatic heterocycles. The van der Waals surface area contributed by atoms with Crippen LogP contribution in [0.5, 0.6) is 0 Å². The summed E-state index contributed by atoms with van der Waals surface area (Å²) in [7, 11) is 0. The molecule has 0 saturated carbocycles. The first kappa shape index (κ1) is 59.6. The third-order valence-corrected chi connectivity index (χ3v) is 10.9. The van der Waals surface area contributed by atoms with E-state index in [1.807, 2.05) is 12.2 Å². The summed E-state index contributed by atoms with van der Waals surface area (Å²) in [6.07, 6.45) is 66.1. The van der Waals surface area contributed by atoms with Gasteiger partial charge in [0.1, 0.15) is 13.2 Å². The predicted molar refractivity (Wildman–Crippen MR) is 270 cm³/mol. The molecule has 0 aromatic carbocycles. The van der Waals surface area contributed by atoms with E-state index in [-0.39, 0.29) is 31.6 Å². The van der Waals surface area contributed by atoms with Crippen LogP contribution in [0.3, 0.4) is 0 Å². The summed E-state index contributed by atoms with van der Waals surface area (Å²) in [4.78, 5) is 37.7. The topological polar surface area (TPSA) is 78.9 Å². The van der Waals surface area contributed by atoms with Crippen molar-refractivity contribution in [2.75, 3.05) is 13.2 Å². The van der Waals surface area contributed by atoms with Gasteiger partial charge in [0.25, 0.3) is 0 Å². The van der Waals surface area contributed by atoms with Gasteiger partial charge in [0.15, 0.2) is 6.10 Å². The van der Waals surface area contributed by atoms with Crippen LogP contribution in [0.2, 0.25) is 0 Å². The van der Waals surface area contributed by atoms with Crippen LogP contribution in [0.4, 0.5) is 0 Å². The number of hydrogen-bond donors (Lipinski definition) is 0. The molecule has 0 heterocycles. The van der Waals surface area contributed by atoms with Crippen molar-refractivity contribution in [2.24, 2.45) is 0 Å². The van der Waals surface area contributed by atoms with Crippen molar-refractivity contribution in [3.05, 3.63) is 85.1 Å². The maximum absolute atomic E-state index is 12.7. The lowest BCUT2D eigenvalue weighted by atomic mass is 10.1. The quantitative estimate of drug-likeness (QED) is 0.0262. The molecule has 0 saturated heterocycles. The van der Waals surface area contributed by atoms with E-state index < -0.39 is 12.1 Å². The van der Waals surface area contributed by atoms with Gasteiger partial charge in [-0.05, 0) is 83.5 Å². The first-order valence-corrected chi connectivity index (χ1v) is 26.1. The number of allylic oxidation sites excluding steroid dienone is 14. The molecular weight excluding hydrogens is 781 g/mol. The van der Waals surface area contributed by atoms with Gasteiger partial charge in [-0.15, -0.1) is 0 Å². The lowest BCUT2D eigenvalue weighted by Crippen LogP contribution is -2.30. The van der Waals surface area contributed by atoms with E-state index in [9.17, 15) is 14.4 Å². The Morgan fingerprint density at radius 1 is 0.333 bits per heavy atom. The second-order valence-corrected chi connectivity index (χ2v) is 17.1. The Morgan fingerprint density at radius 3 is 1.03 bits per heavy atom. The van der Waals surface area contributed by atoms with Gasteiger partial charge in [0.05, 0.1) is 0 Å². The van der Waals surface area contributed by atoms with E-state index in [1.54, 1.807) is 0 Å². The van der Waals surface area contributed by atoms with Crippen LogP contribution in [0.25, 0.3) is 0 Å². The van der Waals surface area contributed by atoms with E-state index in [2.05, 4.69) is 93.7 Å². The number of unbranched alkanes of at least 4 members (excludes halogenated alkanes) is 21. The number of ether oxygens (including phenoxy) is 3. The van der Waals surface area contributed by atoms with Gasteiger partial charge in [0, 0.05) is 19.3 Å². The number of hydrogen-bond acceptors (Lipinski definition) is 6. The molecule has 6 nitrogen and oxygen atoms in total. The Hall–Kier alpha value is -3.41. The van der Waals surface area contributed by atoms with E-state index in [0.717, 1.165) is 77.0 Å². The molecule has 0 spiro atoms. The van der Waals surface area contributed by atoms with Crippen LogP contribution in [-0.4, -0.2) is 37.2 Å². The Bertz CT molecular complexity index is 1240. The maximum Gasteiger partial charge on any atom is 0.306 e. The summed E-state index contributed by atoms with van der Waals surface area (Å²) in [5, 5.41) is 0. The third kappa shape index (κ3) is 49.5. The van der Waals surface area contributed by atoms with Crippen molar-refractivity contribution in [3.63, 3.8) is 0 Å². The number of rotatable bonds is 46. The lowest BCUT2D eigenvalue weighted by Gasteiger charge is -2.18. The van der Waals surface area contributed by atoms with Crippen LogP contribution in [0.1, 0.15) is 239 Å². The molecule has 0 rings (SSSR count). The van der Waals surface area contributed by atoms with Gasteiger partial charge in [-0.2, -0.15) is 0 Å². The fourth-order valence-corrected chi connectivity index (χ4v) is 6.99. The molecule has 0 aliphatic carbocycles. The molecule has 0 bridgehead atoms. The highest BCUT2D eigenvalue weighted by Gasteiger charge is 2.19. The fourth-order valence-electron chi connectivity index (χ4n) is 6.99. The van der Waals surface area contributed by atoms with Crippen molar-refractivity contribution in [1.29, 1.82) is 0 Å². The number of carbonyl (C=O) groups excluding carboxylic acids is 3. The van der Waals surface area contributed by atoms with Crippen LogP contribution < -0.4 is 0 Å². The minimum atomic E-state index is -0.812. The summed E-state index contributed by atoms with van der Waals surface area (Å²) >= 11 is 0. The van der Waals surface area contributed by atoms with E-state index in [4.69, 9.17) is 14.2 Å². The normalized spacial score (nSPS) is 12.7. The van der Waals surface area contributed by atoms with Gasteiger partial charge in [0.2, 0.25) is 0 Å². The highest BCUT2D eigenvalue weighted by molar-refractivity contribution is 5.71. The van der Waals surface area contributed by atoms with Gasteiger partial charge in [-0.25, -0.2) is 0 Å². The first-order valence-electron chi connectivity index (χ1n) is 26.1. The van der Waals surface area contributed by atoms with Crippen molar-refractivity contribution in [1.82, 2.24) is 0 Å². The smallest absolute Gasteiger partial charge is 0.306 e. The zero-order chi connectivity index (χ0) is 45.8. The summed E-state index contributed by atoms with van der Waals surface area (Å²) in [5.41, 5.74) is 0. The van der Waals surface area contributed by atoms with Gasteiger partial charge in [-0.1, -0.05) is 221 Å². The minimum absolute atomic E-state index is 0.106. The summed E-state index contributed by atoms with van der Waals surface area (Å²) in [6, 6.07) is 0. The third-order valence-electron chi connectivity index (χ3n) is 10.9. The van der Waals surface area contributed by atoms with Crippen LogP contribution in [0, 0.1) is 0 Å². The minimum Gasteiger partial charge on any atom is -0.462 e. The average Bonchev–Trinajstić information content (AvgIpc) is 3.28. The van der Waals surface area contributed by atoms with E-state index in [0.29, 0.717) is 19.3 Å². The summed E-state index contributed by atoms with van der Waals surface area (Å²) in [5.74, 6) is -1.00. The molecule has 360 valence electrons. The molecule has 0 N–H and O–H groups in total. The second kappa shape index (κ2) is 51.2. The molecule has 1 unspecified atom stereocenters. The molecule has 0 amide bonds. The zero-order valence-electron chi connectivity index (χ0n) is 41.1. The van der Waals surface area contributed by atoms with Crippen LogP contribution in [-0.2, 0) is 28.6 Å². The monoisotopic (exact) mass is 877 g/mol. The summed E-state index contributed by atoms with van der Waals surface area (Å²) < 4.78 is 16.6. The highest BCUT2D eigenvalue weighted by atomic mass is 16.6. The standard InChI is InChI=1S/C57H96O6/c1-4-7-10-13-16-18-20-22-23-24-25-26-27-28-29-30-31-32-33-35-36-38-41-44-47-50-56(59)62-53-54(52-61-55(58)49-46-43-40-15-12-9-6-3)63-57(60)51-48-45-42-39-37-34-21-19-17-14-11-8-5-2/h8,11,17,19-20,22,24-25,27-28,34,37,42,45,54H,4-7,9-10,12-16,18,21,23,26,29-33,35-36,38-41,43-44,46-53H2,1-3H3/b11-8-,19-17-,22-20-,25-24-,28-27-,37-34-,45-42-. The van der Waals surface area contributed by atoms with Gasteiger partial charge >= 0.3 is 17.9 Å². The molecule has 0 aromatic rings. The van der Waals surface area contributed by atoms with Crippen molar-refractivity contribution in [2.45, 2.75) is 245 Å².